The number of hydrogen-bond donors (Lipinski definition) is 1. The number of rotatable bonds is 5. The minimum absolute atomic E-state index is 0. The summed E-state index contributed by atoms with van der Waals surface area (Å²) in [5.41, 5.74) is 6.21. The van der Waals surface area contributed by atoms with Crippen molar-refractivity contribution in [1.29, 1.82) is 0 Å². The Morgan fingerprint density at radius 3 is 2.52 bits per heavy atom. The van der Waals surface area contributed by atoms with Gasteiger partial charge in [0.2, 0.25) is 10.0 Å². The molecule has 2 N–H and O–H groups in total. The number of nitrogens with two attached hydrogens (primary N) is 1. The van der Waals surface area contributed by atoms with Crippen LogP contribution in [0, 0.1) is 0 Å². The number of carbonyl (C=O) groups excluding carboxylic acids is 1. The monoisotopic (exact) mass is 361 g/mol. The van der Waals surface area contributed by atoms with E-state index in [2.05, 4.69) is 0 Å². The van der Waals surface area contributed by atoms with E-state index < -0.39 is 10.0 Å². The molecule has 0 saturated carbocycles. The van der Waals surface area contributed by atoms with Gasteiger partial charge in [0.1, 0.15) is 0 Å². The van der Waals surface area contributed by atoms with E-state index in [0.29, 0.717) is 31.7 Å². The van der Waals surface area contributed by atoms with Gasteiger partial charge < -0.3 is 10.6 Å². The van der Waals surface area contributed by atoms with E-state index in [1.807, 2.05) is 0 Å². The Morgan fingerprint density at radius 1 is 1.35 bits per heavy atom. The Balaban J connectivity index is 0.00000264. The van der Waals surface area contributed by atoms with Crippen molar-refractivity contribution in [2.24, 2.45) is 5.73 Å². The Kier molecular flexibility index (Phi) is 7.01. The van der Waals surface area contributed by atoms with Gasteiger partial charge in [-0.2, -0.15) is 4.31 Å². The smallest absolute Gasteiger partial charge is 0.253 e. The number of benzene rings is 1. The SMILES string of the molecule is CCN(CC)S(=O)(=O)c1cccc(C(=O)N2CC[C@@H](N)C2)c1.Cl. The van der Waals surface area contributed by atoms with E-state index in [1.54, 1.807) is 30.9 Å². The number of likely N-dealkylation sites (tertiary alicyclic amines) is 1. The van der Waals surface area contributed by atoms with Crippen molar-refractivity contribution < 1.29 is 13.2 Å². The molecule has 0 unspecified atom stereocenters. The van der Waals surface area contributed by atoms with Crippen LogP contribution in [0.25, 0.3) is 0 Å². The first-order valence-corrected chi connectivity index (χ1v) is 8.99. The minimum atomic E-state index is -3.55. The highest BCUT2D eigenvalue weighted by Gasteiger charge is 2.26. The Hall–Kier alpha value is -1.15. The Labute approximate surface area is 144 Å². The first-order valence-electron chi connectivity index (χ1n) is 7.55. The van der Waals surface area contributed by atoms with Gasteiger partial charge in [-0.3, -0.25) is 4.79 Å². The van der Waals surface area contributed by atoms with Gasteiger partial charge in [0.25, 0.3) is 5.91 Å². The lowest BCUT2D eigenvalue weighted by molar-refractivity contribution is 0.0790. The summed E-state index contributed by atoms with van der Waals surface area (Å²) < 4.78 is 26.4. The summed E-state index contributed by atoms with van der Waals surface area (Å²) in [5.74, 6) is -0.162. The van der Waals surface area contributed by atoms with Gasteiger partial charge in [0.05, 0.1) is 4.90 Å². The molecule has 1 atom stereocenters. The molecule has 1 aromatic carbocycles. The number of carbonyl (C=O) groups is 1. The standard InChI is InChI=1S/C15H23N3O3S.ClH/c1-3-18(4-2)22(20,21)14-7-5-6-12(10-14)15(19)17-9-8-13(16)11-17;/h5-7,10,13H,3-4,8-9,11,16H2,1-2H3;1H/t13-;/m1./s1. The lowest BCUT2D eigenvalue weighted by Crippen LogP contribution is -2.33. The second-order valence-electron chi connectivity index (χ2n) is 5.42. The van der Waals surface area contributed by atoms with Crippen LogP contribution in [0.4, 0.5) is 0 Å². The average Bonchev–Trinajstić information content (AvgIpc) is 2.94. The molecule has 1 aliphatic rings. The number of amides is 1. The fraction of sp³-hybridized carbons (Fsp3) is 0.533. The van der Waals surface area contributed by atoms with Crippen LogP contribution in [0.1, 0.15) is 30.6 Å². The van der Waals surface area contributed by atoms with E-state index in [0.717, 1.165) is 6.42 Å². The van der Waals surface area contributed by atoms with E-state index in [9.17, 15) is 13.2 Å². The van der Waals surface area contributed by atoms with Crippen molar-refractivity contribution in [3.8, 4) is 0 Å². The molecular weight excluding hydrogens is 338 g/mol. The molecule has 1 heterocycles. The lowest BCUT2D eigenvalue weighted by Gasteiger charge is -2.20. The molecule has 0 aliphatic carbocycles. The molecule has 23 heavy (non-hydrogen) atoms. The number of sulfonamides is 1. The molecule has 0 radical (unpaired) electrons. The summed E-state index contributed by atoms with van der Waals surface area (Å²) in [6.45, 7) is 5.53. The van der Waals surface area contributed by atoms with Crippen LogP contribution in [-0.4, -0.2) is 55.8 Å². The predicted octanol–water partition coefficient (Wildman–Crippen LogP) is 1.31. The quantitative estimate of drug-likeness (QED) is 0.857. The van der Waals surface area contributed by atoms with Crippen LogP contribution in [0.15, 0.2) is 29.2 Å². The topological polar surface area (TPSA) is 83.7 Å². The van der Waals surface area contributed by atoms with E-state index in [1.165, 1.54) is 16.4 Å². The second kappa shape index (κ2) is 8.10. The van der Waals surface area contributed by atoms with Crippen molar-refractivity contribution in [1.82, 2.24) is 9.21 Å². The molecule has 0 aromatic heterocycles. The zero-order valence-electron chi connectivity index (χ0n) is 13.4. The molecule has 130 valence electrons. The first-order chi connectivity index (χ1) is 10.4. The van der Waals surface area contributed by atoms with Crippen LogP contribution in [-0.2, 0) is 10.0 Å². The van der Waals surface area contributed by atoms with E-state index in [-0.39, 0.29) is 29.3 Å². The highest BCUT2D eigenvalue weighted by atomic mass is 35.5. The fourth-order valence-corrected chi connectivity index (χ4v) is 4.16. The third-order valence-corrected chi connectivity index (χ3v) is 5.98. The summed E-state index contributed by atoms with van der Waals surface area (Å²) in [6.07, 6.45) is 0.781. The van der Waals surface area contributed by atoms with Gasteiger partial charge in [-0.1, -0.05) is 19.9 Å². The van der Waals surface area contributed by atoms with Gasteiger partial charge in [0, 0.05) is 37.8 Å². The van der Waals surface area contributed by atoms with Crippen molar-refractivity contribution in [3.05, 3.63) is 29.8 Å². The zero-order chi connectivity index (χ0) is 16.3. The average molecular weight is 362 g/mol. The van der Waals surface area contributed by atoms with E-state index in [4.69, 9.17) is 5.73 Å². The third-order valence-electron chi connectivity index (χ3n) is 3.94. The molecule has 1 saturated heterocycles. The zero-order valence-corrected chi connectivity index (χ0v) is 15.1. The molecule has 6 nitrogen and oxygen atoms in total. The summed E-state index contributed by atoms with van der Waals surface area (Å²) in [6, 6.07) is 6.25. The second-order valence-corrected chi connectivity index (χ2v) is 7.36. The number of hydrogen-bond acceptors (Lipinski definition) is 4. The van der Waals surface area contributed by atoms with Crippen LogP contribution >= 0.6 is 12.4 Å². The molecule has 1 amide bonds. The molecule has 1 fully saturated rings. The first kappa shape index (κ1) is 19.9. The molecule has 0 bridgehead atoms. The summed E-state index contributed by atoms with van der Waals surface area (Å²) >= 11 is 0. The van der Waals surface area contributed by atoms with Gasteiger partial charge in [0.15, 0.2) is 0 Å². The lowest BCUT2D eigenvalue weighted by atomic mass is 10.2. The summed E-state index contributed by atoms with van der Waals surface area (Å²) in [7, 11) is -3.55. The molecule has 8 heteroatoms. The number of nitrogens with zero attached hydrogens (tertiary/aromatic N) is 2. The molecule has 1 aromatic rings. The highest BCUT2D eigenvalue weighted by Crippen LogP contribution is 2.19. The molecule has 2 rings (SSSR count). The minimum Gasteiger partial charge on any atom is -0.337 e. The van der Waals surface area contributed by atoms with Crippen LogP contribution in [0.3, 0.4) is 0 Å². The van der Waals surface area contributed by atoms with Gasteiger partial charge >= 0.3 is 0 Å². The molecule has 1 aliphatic heterocycles. The summed E-state index contributed by atoms with van der Waals surface area (Å²) in [5, 5.41) is 0. The summed E-state index contributed by atoms with van der Waals surface area (Å²) in [4.78, 5) is 14.3. The van der Waals surface area contributed by atoms with Crippen molar-refractivity contribution >= 4 is 28.3 Å². The maximum absolute atomic E-state index is 12.5. The maximum atomic E-state index is 12.5. The van der Waals surface area contributed by atoms with Gasteiger partial charge in [-0.15, -0.1) is 12.4 Å². The van der Waals surface area contributed by atoms with Crippen LogP contribution in [0.2, 0.25) is 0 Å². The van der Waals surface area contributed by atoms with Gasteiger partial charge in [-0.25, -0.2) is 8.42 Å². The number of halogens is 1. The Morgan fingerprint density at radius 2 is 2.00 bits per heavy atom. The van der Waals surface area contributed by atoms with Crippen molar-refractivity contribution in [2.45, 2.75) is 31.2 Å². The van der Waals surface area contributed by atoms with Crippen LogP contribution in [0.5, 0.6) is 0 Å². The normalized spacial score (nSPS) is 18.1. The van der Waals surface area contributed by atoms with Gasteiger partial charge in [-0.05, 0) is 24.6 Å². The van der Waals surface area contributed by atoms with Crippen molar-refractivity contribution in [2.75, 3.05) is 26.2 Å². The largest absolute Gasteiger partial charge is 0.337 e. The molecular formula is C15H24ClN3O3S. The molecule has 0 spiro atoms. The fourth-order valence-electron chi connectivity index (χ4n) is 2.66. The van der Waals surface area contributed by atoms with Crippen molar-refractivity contribution in [3.63, 3.8) is 0 Å². The predicted molar refractivity (Wildman–Crippen MR) is 92.3 cm³/mol. The highest BCUT2D eigenvalue weighted by molar-refractivity contribution is 7.89. The van der Waals surface area contributed by atoms with E-state index >= 15 is 0 Å². The van der Waals surface area contributed by atoms with Crippen LogP contribution < -0.4 is 5.73 Å². The maximum Gasteiger partial charge on any atom is 0.253 e. The Bertz CT molecular complexity index is 647. The third kappa shape index (κ3) is 4.23.